The highest BCUT2D eigenvalue weighted by molar-refractivity contribution is 5.55. The lowest BCUT2D eigenvalue weighted by atomic mass is 10.1. The minimum absolute atomic E-state index is 0.0159. The number of nitrogens with zero attached hydrogens (tertiary/aromatic N) is 1. The number of alkyl halides is 3. The summed E-state index contributed by atoms with van der Waals surface area (Å²) in [6, 6.07) is 7.34. The van der Waals surface area contributed by atoms with Crippen molar-refractivity contribution in [3.05, 3.63) is 53.9 Å². The smallest absolute Gasteiger partial charge is 0.418 e. The topological polar surface area (TPSA) is 34.1 Å². The second-order valence-electron chi connectivity index (χ2n) is 4.12. The summed E-state index contributed by atoms with van der Waals surface area (Å²) >= 11 is 0. The molecule has 106 valence electrons. The van der Waals surface area contributed by atoms with Gasteiger partial charge in [0.2, 0.25) is 0 Å². The lowest BCUT2D eigenvalue weighted by Gasteiger charge is -2.15. The molecule has 0 spiro atoms. The van der Waals surface area contributed by atoms with Crippen LogP contribution in [0, 0.1) is 0 Å². The minimum Gasteiger partial charge on any atom is -0.497 e. The number of rotatable bonds is 4. The van der Waals surface area contributed by atoms with Gasteiger partial charge in [0.25, 0.3) is 0 Å². The van der Waals surface area contributed by atoms with E-state index in [-0.39, 0.29) is 18.0 Å². The molecular weight excluding hydrogens is 269 g/mol. The Balaban J connectivity index is 2.23. The van der Waals surface area contributed by atoms with E-state index in [2.05, 4.69) is 10.3 Å². The van der Waals surface area contributed by atoms with Gasteiger partial charge in [0.05, 0.1) is 12.7 Å². The van der Waals surface area contributed by atoms with Crippen molar-refractivity contribution in [3.8, 4) is 5.75 Å². The summed E-state index contributed by atoms with van der Waals surface area (Å²) in [6.07, 6.45) is -1.23. The number of methoxy groups -OCH3 is 1. The summed E-state index contributed by atoms with van der Waals surface area (Å²) in [6.45, 7) is 0.267. The van der Waals surface area contributed by atoms with E-state index in [1.807, 2.05) is 0 Å². The molecule has 6 heteroatoms. The zero-order valence-electron chi connectivity index (χ0n) is 10.7. The molecule has 0 unspecified atom stereocenters. The summed E-state index contributed by atoms with van der Waals surface area (Å²) in [5.74, 6) is 0.171. The number of ether oxygens (including phenoxy) is 1. The number of aromatic nitrogens is 1. The quantitative estimate of drug-likeness (QED) is 0.928. The lowest BCUT2D eigenvalue weighted by Crippen LogP contribution is -2.11. The predicted octanol–water partition coefficient (Wildman–Crippen LogP) is 3.72. The highest BCUT2D eigenvalue weighted by Crippen LogP contribution is 2.37. The van der Waals surface area contributed by atoms with Crippen molar-refractivity contribution in [1.82, 2.24) is 4.98 Å². The Morgan fingerprint density at radius 2 is 2.05 bits per heavy atom. The van der Waals surface area contributed by atoms with Crippen LogP contribution in [0.4, 0.5) is 18.9 Å². The van der Waals surface area contributed by atoms with Crippen LogP contribution in [0.2, 0.25) is 0 Å². The standard InChI is InChI=1S/C14H13F3N2O/c1-20-11-4-5-13(12(7-11)14(15,16)17)19-9-10-3-2-6-18-8-10/h2-8,19H,9H2,1H3. The zero-order valence-corrected chi connectivity index (χ0v) is 10.7. The van der Waals surface area contributed by atoms with Crippen molar-refractivity contribution >= 4 is 5.69 Å². The largest absolute Gasteiger partial charge is 0.497 e. The molecule has 20 heavy (non-hydrogen) atoms. The lowest BCUT2D eigenvalue weighted by molar-refractivity contribution is -0.137. The first-order valence-corrected chi connectivity index (χ1v) is 5.88. The Labute approximate surface area is 114 Å². The third-order valence-corrected chi connectivity index (χ3v) is 2.74. The van der Waals surface area contributed by atoms with Gasteiger partial charge in [0.1, 0.15) is 5.75 Å². The average molecular weight is 282 g/mol. The molecule has 1 N–H and O–H groups in total. The highest BCUT2D eigenvalue weighted by Gasteiger charge is 2.34. The van der Waals surface area contributed by atoms with Crippen molar-refractivity contribution in [2.75, 3.05) is 12.4 Å². The number of hydrogen-bond acceptors (Lipinski definition) is 3. The molecule has 0 aliphatic carbocycles. The molecule has 1 heterocycles. The molecule has 0 saturated carbocycles. The molecule has 0 atom stereocenters. The maximum Gasteiger partial charge on any atom is 0.418 e. The molecule has 1 aromatic heterocycles. The Morgan fingerprint density at radius 1 is 1.25 bits per heavy atom. The van der Waals surface area contributed by atoms with Crippen molar-refractivity contribution in [1.29, 1.82) is 0 Å². The zero-order chi connectivity index (χ0) is 14.6. The second-order valence-corrected chi connectivity index (χ2v) is 4.12. The molecule has 1 aromatic carbocycles. The normalized spacial score (nSPS) is 11.2. The van der Waals surface area contributed by atoms with Crippen molar-refractivity contribution in [2.45, 2.75) is 12.7 Å². The molecule has 0 saturated heterocycles. The predicted molar refractivity (Wildman–Crippen MR) is 69.6 cm³/mol. The van der Waals surface area contributed by atoms with E-state index in [1.54, 1.807) is 24.5 Å². The summed E-state index contributed by atoms with van der Waals surface area (Å²) < 4.78 is 43.8. The molecule has 2 rings (SSSR count). The number of nitrogens with one attached hydrogen (secondary N) is 1. The van der Waals surface area contributed by atoms with Gasteiger partial charge < -0.3 is 10.1 Å². The molecule has 0 fully saturated rings. The van der Waals surface area contributed by atoms with Crippen molar-refractivity contribution in [3.63, 3.8) is 0 Å². The van der Waals surface area contributed by atoms with Crippen molar-refractivity contribution in [2.24, 2.45) is 0 Å². The van der Waals surface area contributed by atoms with E-state index < -0.39 is 11.7 Å². The maximum atomic E-state index is 13.0. The number of anilines is 1. The number of benzene rings is 1. The maximum absolute atomic E-state index is 13.0. The van der Waals surface area contributed by atoms with Crippen LogP contribution in [0.1, 0.15) is 11.1 Å². The molecule has 0 radical (unpaired) electrons. The molecular formula is C14H13F3N2O. The van der Waals surface area contributed by atoms with Gasteiger partial charge in [0, 0.05) is 24.6 Å². The fourth-order valence-electron chi connectivity index (χ4n) is 1.74. The summed E-state index contributed by atoms with van der Waals surface area (Å²) in [7, 11) is 1.33. The third-order valence-electron chi connectivity index (χ3n) is 2.74. The van der Waals surface area contributed by atoms with E-state index in [1.165, 1.54) is 19.2 Å². The van der Waals surface area contributed by atoms with Crippen molar-refractivity contribution < 1.29 is 17.9 Å². The molecule has 2 aromatic rings. The van der Waals surface area contributed by atoms with Crippen LogP contribution < -0.4 is 10.1 Å². The van der Waals surface area contributed by atoms with Crippen LogP contribution in [-0.2, 0) is 12.7 Å². The molecule has 0 bridgehead atoms. The first-order chi connectivity index (χ1) is 9.50. The average Bonchev–Trinajstić information content (AvgIpc) is 2.45. The SMILES string of the molecule is COc1ccc(NCc2cccnc2)c(C(F)(F)F)c1. The van der Waals surface area contributed by atoms with Gasteiger partial charge in [-0.25, -0.2) is 0 Å². The van der Waals surface area contributed by atoms with E-state index >= 15 is 0 Å². The van der Waals surface area contributed by atoms with Gasteiger partial charge in [-0.05, 0) is 29.8 Å². The van der Waals surface area contributed by atoms with Crippen LogP contribution in [0.25, 0.3) is 0 Å². The van der Waals surface area contributed by atoms with Crippen LogP contribution in [-0.4, -0.2) is 12.1 Å². The van der Waals surface area contributed by atoms with Gasteiger partial charge in [-0.2, -0.15) is 13.2 Å². The Morgan fingerprint density at radius 3 is 2.65 bits per heavy atom. The van der Waals surface area contributed by atoms with Crippen LogP contribution in [0.15, 0.2) is 42.7 Å². The van der Waals surface area contributed by atoms with E-state index in [0.29, 0.717) is 0 Å². The van der Waals surface area contributed by atoms with Gasteiger partial charge in [-0.1, -0.05) is 6.07 Å². The highest BCUT2D eigenvalue weighted by atomic mass is 19.4. The van der Waals surface area contributed by atoms with E-state index in [0.717, 1.165) is 11.6 Å². The number of hydrogen-bond donors (Lipinski definition) is 1. The monoisotopic (exact) mass is 282 g/mol. The van der Waals surface area contributed by atoms with Gasteiger partial charge in [0.15, 0.2) is 0 Å². The van der Waals surface area contributed by atoms with E-state index in [4.69, 9.17) is 4.74 Å². The number of halogens is 3. The third kappa shape index (κ3) is 3.40. The molecule has 0 aliphatic rings. The summed E-state index contributed by atoms with van der Waals surface area (Å²) in [4.78, 5) is 3.91. The Bertz CT molecular complexity index is 570. The second kappa shape index (κ2) is 5.81. The first kappa shape index (κ1) is 14.2. The van der Waals surface area contributed by atoms with Crippen LogP contribution in [0.5, 0.6) is 5.75 Å². The van der Waals surface area contributed by atoms with Crippen LogP contribution in [0.3, 0.4) is 0 Å². The van der Waals surface area contributed by atoms with E-state index in [9.17, 15) is 13.2 Å². The van der Waals surface area contributed by atoms with Gasteiger partial charge >= 0.3 is 6.18 Å². The van der Waals surface area contributed by atoms with Crippen LogP contribution >= 0.6 is 0 Å². The summed E-state index contributed by atoms with van der Waals surface area (Å²) in [5.41, 5.74) is 0.0688. The Hall–Kier alpha value is -2.24. The number of pyridine rings is 1. The van der Waals surface area contributed by atoms with Gasteiger partial charge in [-0.15, -0.1) is 0 Å². The fourth-order valence-corrected chi connectivity index (χ4v) is 1.74. The van der Waals surface area contributed by atoms with Gasteiger partial charge in [-0.3, -0.25) is 4.98 Å². The molecule has 0 aliphatic heterocycles. The fraction of sp³-hybridized carbons (Fsp3) is 0.214. The minimum atomic E-state index is -4.44. The summed E-state index contributed by atoms with van der Waals surface area (Å²) in [5, 5.41) is 2.77. The Kier molecular flexibility index (Phi) is 4.12. The first-order valence-electron chi connectivity index (χ1n) is 5.88. The molecule has 3 nitrogen and oxygen atoms in total. The molecule has 0 amide bonds.